The molecule has 1 aliphatic heterocycles. The largest absolute Gasteiger partial charge is 0.496 e. The third-order valence-electron chi connectivity index (χ3n) is 7.44. The van der Waals surface area contributed by atoms with Gasteiger partial charge in [0.15, 0.2) is 16.3 Å². The number of aromatic nitrogens is 1. The number of nitriles is 1. The first-order valence-electron chi connectivity index (χ1n) is 14.8. The Labute approximate surface area is 294 Å². The molecule has 12 heteroatoms. The van der Waals surface area contributed by atoms with Crippen molar-refractivity contribution in [2.24, 2.45) is 4.99 Å². The van der Waals surface area contributed by atoms with E-state index in [9.17, 15) is 14.9 Å². The number of rotatable bonds is 11. The monoisotopic (exact) mass is 783 g/mol. The van der Waals surface area contributed by atoms with Crippen molar-refractivity contribution < 1.29 is 23.7 Å². The van der Waals surface area contributed by atoms with Crippen molar-refractivity contribution in [3.8, 4) is 23.3 Å². The smallest absolute Gasteiger partial charge is 0.338 e. The molecule has 47 heavy (non-hydrogen) atoms. The summed E-state index contributed by atoms with van der Waals surface area (Å²) in [5.41, 5.74) is 3.06. The fourth-order valence-electron chi connectivity index (χ4n) is 5.35. The maximum absolute atomic E-state index is 14.3. The molecule has 0 saturated carbocycles. The van der Waals surface area contributed by atoms with Gasteiger partial charge in [0, 0.05) is 16.1 Å². The number of esters is 1. The van der Waals surface area contributed by atoms with Crippen molar-refractivity contribution >= 4 is 57.6 Å². The zero-order chi connectivity index (χ0) is 33.7. The molecule has 1 atom stereocenters. The van der Waals surface area contributed by atoms with Gasteiger partial charge in [-0.1, -0.05) is 54.5 Å². The normalized spacial score (nSPS) is 14.2. The van der Waals surface area contributed by atoms with Gasteiger partial charge in [-0.2, -0.15) is 5.26 Å². The van der Waals surface area contributed by atoms with Crippen LogP contribution in [0.3, 0.4) is 0 Å². The molecular weight excluding hydrogens is 753 g/mol. The Hall–Kier alpha value is -4.12. The van der Waals surface area contributed by atoms with Crippen molar-refractivity contribution in [1.82, 2.24) is 4.57 Å². The van der Waals surface area contributed by atoms with Crippen LogP contribution < -0.4 is 29.1 Å². The summed E-state index contributed by atoms with van der Waals surface area (Å²) in [7, 11) is 3.07. The first-order valence-corrected chi connectivity index (χ1v) is 17.1. The number of carbonyl (C=O) groups excluding carboxylic acids is 1. The number of hydrogen-bond acceptors (Lipinski definition) is 9. The van der Waals surface area contributed by atoms with E-state index in [1.807, 2.05) is 25.1 Å². The summed E-state index contributed by atoms with van der Waals surface area (Å²) < 4.78 is 25.6. The Balaban J connectivity index is 1.65. The maximum atomic E-state index is 14.3. The Bertz CT molecular complexity index is 2100. The van der Waals surface area contributed by atoms with E-state index in [0.717, 1.165) is 15.6 Å². The van der Waals surface area contributed by atoms with Gasteiger partial charge in [-0.3, -0.25) is 9.36 Å². The fourth-order valence-corrected chi connectivity index (χ4v) is 7.34. The van der Waals surface area contributed by atoms with Gasteiger partial charge >= 0.3 is 5.97 Å². The number of thiazole rings is 1. The molecule has 3 aromatic carbocycles. The Morgan fingerprint density at radius 3 is 2.60 bits per heavy atom. The highest BCUT2D eigenvalue weighted by molar-refractivity contribution is 14.1. The summed E-state index contributed by atoms with van der Waals surface area (Å²) >= 11 is 9.84. The highest BCUT2D eigenvalue weighted by Crippen LogP contribution is 2.39. The van der Waals surface area contributed by atoms with Gasteiger partial charge in [-0.25, -0.2) is 9.79 Å². The van der Waals surface area contributed by atoms with Crippen LogP contribution in [-0.4, -0.2) is 31.4 Å². The fraction of sp³-hybridized carbons (Fsp3) is 0.257. The summed E-state index contributed by atoms with van der Waals surface area (Å²) in [5.74, 6) is 0.923. The average Bonchev–Trinajstić information content (AvgIpc) is 3.37. The van der Waals surface area contributed by atoms with Gasteiger partial charge in [0.05, 0.1) is 51.8 Å². The number of fused-ring (bicyclic) bond motifs is 1. The number of allylic oxidation sites excluding steroid dienone is 1. The van der Waals surface area contributed by atoms with Crippen LogP contribution in [0.1, 0.15) is 55.0 Å². The minimum Gasteiger partial charge on any atom is -0.496 e. The number of methoxy groups -OCH3 is 2. The molecule has 0 amide bonds. The zero-order valence-electron chi connectivity index (χ0n) is 26.1. The summed E-state index contributed by atoms with van der Waals surface area (Å²) in [6.07, 6.45) is 3.00. The minimum atomic E-state index is -0.871. The van der Waals surface area contributed by atoms with Crippen molar-refractivity contribution in [3.63, 3.8) is 0 Å². The molecule has 0 bridgehead atoms. The lowest BCUT2D eigenvalue weighted by molar-refractivity contribution is -0.139. The number of nitrogens with zero attached hydrogens (tertiary/aromatic N) is 3. The first-order chi connectivity index (χ1) is 22.7. The molecule has 242 valence electrons. The first kappa shape index (κ1) is 34.2. The van der Waals surface area contributed by atoms with E-state index in [1.165, 1.54) is 23.0 Å². The van der Waals surface area contributed by atoms with Crippen LogP contribution >= 0.6 is 45.5 Å². The molecule has 0 spiro atoms. The topological polar surface area (TPSA) is 112 Å². The highest BCUT2D eigenvalue weighted by Gasteiger charge is 2.36. The molecule has 0 unspecified atom stereocenters. The van der Waals surface area contributed by atoms with Crippen LogP contribution in [0, 0.1) is 14.9 Å². The molecule has 5 rings (SSSR count). The van der Waals surface area contributed by atoms with Crippen molar-refractivity contribution in [2.75, 3.05) is 20.8 Å². The average molecular weight is 784 g/mol. The predicted molar refractivity (Wildman–Crippen MR) is 189 cm³/mol. The Kier molecular flexibility index (Phi) is 11.1. The predicted octanol–water partition coefficient (Wildman–Crippen LogP) is 6.30. The summed E-state index contributed by atoms with van der Waals surface area (Å²) in [6, 6.07) is 17.4. The molecule has 0 N–H and O–H groups in total. The molecule has 0 aliphatic carbocycles. The lowest BCUT2D eigenvalue weighted by Crippen LogP contribution is -2.40. The van der Waals surface area contributed by atoms with Crippen LogP contribution in [0.2, 0.25) is 5.02 Å². The molecule has 2 heterocycles. The number of carbonyl (C=O) groups is 1. The van der Waals surface area contributed by atoms with E-state index >= 15 is 0 Å². The van der Waals surface area contributed by atoms with Crippen LogP contribution in [0.4, 0.5) is 0 Å². The van der Waals surface area contributed by atoms with Gasteiger partial charge in [-0.15, -0.1) is 0 Å². The SMILES string of the molecule is CCCC1=C(C(=O)OCC)[C@@H](c2cc(Cl)ccc2OC)n2c(s/c(=C/c3cc(I)c(OCc4ccccc4C#N)c(OC)c3)c2=O)=N1. The second kappa shape index (κ2) is 15.2. The van der Waals surface area contributed by atoms with Gasteiger partial charge < -0.3 is 18.9 Å². The maximum Gasteiger partial charge on any atom is 0.338 e. The minimum absolute atomic E-state index is 0.163. The van der Waals surface area contributed by atoms with E-state index in [1.54, 1.807) is 56.5 Å². The Morgan fingerprint density at radius 2 is 1.89 bits per heavy atom. The van der Waals surface area contributed by atoms with Gasteiger partial charge in [-0.05, 0) is 84.0 Å². The van der Waals surface area contributed by atoms with E-state index in [4.69, 9.17) is 35.5 Å². The van der Waals surface area contributed by atoms with Crippen molar-refractivity contribution in [2.45, 2.75) is 39.3 Å². The van der Waals surface area contributed by atoms with Crippen LogP contribution in [0.15, 0.2) is 75.7 Å². The summed E-state index contributed by atoms with van der Waals surface area (Å²) in [6.45, 7) is 4.08. The second-order valence-electron chi connectivity index (χ2n) is 10.4. The third kappa shape index (κ3) is 7.10. The lowest BCUT2D eigenvalue weighted by Gasteiger charge is -2.27. The van der Waals surface area contributed by atoms with Gasteiger partial charge in [0.2, 0.25) is 0 Å². The van der Waals surface area contributed by atoms with Gasteiger partial charge in [0.25, 0.3) is 5.56 Å². The zero-order valence-corrected chi connectivity index (χ0v) is 29.9. The number of halogens is 2. The van der Waals surface area contributed by atoms with Crippen molar-refractivity contribution in [3.05, 3.63) is 116 Å². The molecule has 9 nitrogen and oxygen atoms in total. The standard InChI is InChI=1S/C35H31ClIN3O6S/c1-5-9-26-30(34(42)45-6-2)31(24-17-23(36)12-13-27(24)43-3)40-33(41)29(47-35(40)39-26)16-20-14-25(37)32(28(15-20)44-4)46-19-22-11-8-7-10-21(22)18-38/h7-8,10-17,31H,5-6,9,19H2,1-4H3/b29-16+/t31-/m1/s1. The van der Waals surface area contributed by atoms with E-state index in [2.05, 4.69) is 28.7 Å². The highest BCUT2D eigenvalue weighted by atomic mass is 127. The van der Waals surface area contributed by atoms with Crippen LogP contribution in [-0.2, 0) is 16.1 Å². The quantitative estimate of drug-likeness (QED) is 0.130. The Morgan fingerprint density at radius 1 is 1.13 bits per heavy atom. The molecule has 0 fully saturated rings. The summed E-state index contributed by atoms with van der Waals surface area (Å²) in [4.78, 5) is 33.0. The molecule has 4 aromatic rings. The van der Waals surface area contributed by atoms with Gasteiger partial charge in [0.1, 0.15) is 18.4 Å². The lowest BCUT2D eigenvalue weighted by atomic mass is 9.93. The molecular formula is C35H31ClIN3O6S. The third-order valence-corrected chi connectivity index (χ3v) is 9.46. The van der Waals surface area contributed by atoms with Crippen LogP contribution in [0.25, 0.3) is 6.08 Å². The number of hydrogen-bond donors (Lipinski definition) is 0. The van der Waals surface area contributed by atoms with E-state index in [0.29, 0.717) is 60.4 Å². The van der Waals surface area contributed by atoms with E-state index < -0.39 is 12.0 Å². The second-order valence-corrected chi connectivity index (χ2v) is 13.0. The molecule has 0 radical (unpaired) electrons. The van der Waals surface area contributed by atoms with E-state index in [-0.39, 0.29) is 24.3 Å². The number of benzene rings is 3. The molecule has 1 aromatic heterocycles. The van der Waals surface area contributed by atoms with Crippen LogP contribution in [0.5, 0.6) is 17.2 Å². The summed E-state index contributed by atoms with van der Waals surface area (Å²) in [5, 5.41) is 9.88. The van der Waals surface area contributed by atoms with Crippen molar-refractivity contribution in [1.29, 1.82) is 5.26 Å². The molecule has 1 aliphatic rings. The molecule has 0 saturated heterocycles. The number of ether oxygens (including phenoxy) is 4.